The van der Waals surface area contributed by atoms with Gasteiger partial charge < -0.3 is 9.26 Å². The minimum Gasteiger partial charge on any atom is -0.427 e. The third-order valence-electron chi connectivity index (χ3n) is 3.10. The van der Waals surface area contributed by atoms with Crippen LogP contribution in [0.25, 0.3) is 11.0 Å². The SMILES string of the molecule is CC(=O)Oc1ccc2c(Cc3ccccc3F)noc2c1. The molecule has 0 N–H and O–H groups in total. The summed E-state index contributed by atoms with van der Waals surface area (Å²) in [6, 6.07) is 11.5. The molecule has 1 aromatic heterocycles. The zero-order valence-corrected chi connectivity index (χ0v) is 11.3. The summed E-state index contributed by atoms with van der Waals surface area (Å²) >= 11 is 0. The van der Waals surface area contributed by atoms with Gasteiger partial charge in [-0.1, -0.05) is 23.4 Å². The first-order chi connectivity index (χ1) is 10.1. The highest BCUT2D eigenvalue weighted by Gasteiger charge is 2.12. The first-order valence-electron chi connectivity index (χ1n) is 6.43. The molecule has 0 fully saturated rings. The van der Waals surface area contributed by atoms with Gasteiger partial charge in [-0.3, -0.25) is 4.79 Å². The maximum Gasteiger partial charge on any atom is 0.308 e. The molecule has 106 valence electrons. The second-order valence-corrected chi connectivity index (χ2v) is 4.65. The maximum absolute atomic E-state index is 13.7. The molecule has 0 unspecified atom stereocenters. The molecular formula is C16H12FNO3. The van der Waals surface area contributed by atoms with Gasteiger partial charge in [-0.15, -0.1) is 0 Å². The van der Waals surface area contributed by atoms with Crippen molar-refractivity contribution in [3.8, 4) is 5.75 Å². The van der Waals surface area contributed by atoms with Crippen LogP contribution in [0.15, 0.2) is 47.0 Å². The van der Waals surface area contributed by atoms with E-state index in [1.54, 1.807) is 36.4 Å². The average molecular weight is 285 g/mol. The largest absolute Gasteiger partial charge is 0.427 e. The zero-order valence-electron chi connectivity index (χ0n) is 11.3. The van der Waals surface area contributed by atoms with Crippen molar-refractivity contribution in [1.82, 2.24) is 5.16 Å². The summed E-state index contributed by atoms with van der Waals surface area (Å²) in [4.78, 5) is 10.9. The van der Waals surface area contributed by atoms with Crippen LogP contribution >= 0.6 is 0 Å². The Bertz CT molecular complexity index is 810. The van der Waals surface area contributed by atoms with Crippen LogP contribution in [0.2, 0.25) is 0 Å². The van der Waals surface area contributed by atoms with Gasteiger partial charge in [-0.2, -0.15) is 0 Å². The summed E-state index contributed by atoms with van der Waals surface area (Å²) in [6.45, 7) is 1.33. The quantitative estimate of drug-likeness (QED) is 0.546. The Morgan fingerprint density at radius 3 is 2.86 bits per heavy atom. The van der Waals surface area contributed by atoms with Crippen LogP contribution in [0, 0.1) is 5.82 Å². The van der Waals surface area contributed by atoms with Crippen molar-refractivity contribution >= 4 is 16.9 Å². The number of carbonyl (C=O) groups is 1. The van der Waals surface area contributed by atoms with Gasteiger partial charge >= 0.3 is 5.97 Å². The van der Waals surface area contributed by atoms with Crippen molar-refractivity contribution in [3.05, 3.63) is 59.5 Å². The predicted molar refractivity (Wildman–Crippen MR) is 74.5 cm³/mol. The third kappa shape index (κ3) is 2.76. The lowest BCUT2D eigenvalue weighted by molar-refractivity contribution is -0.131. The predicted octanol–water partition coefficient (Wildman–Crippen LogP) is 3.48. The number of hydrogen-bond acceptors (Lipinski definition) is 4. The minimum absolute atomic E-state index is 0.273. The van der Waals surface area contributed by atoms with Crippen molar-refractivity contribution < 1.29 is 18.4 Å². The molecule has 0 aliphatic heterocycles. The van der Waals surface area contributed by atoms with Crippen LogP contribution < -0.4 is 4.74 Å². The summed E-state index contributed by atoms with van der Waals surface area (Å²) in [5.74, 6) is -0.283. The first kappa shape index (κ1) is 13.3. The molecule has 0 radical (unpaired) electrons. The molecule has 21 heavy (non-hydrogen) atoms. The Morgan fingerprint density at radius 1 is 1.29 bits per heavy atom. The number of hydrogen-bond donors (Lipinski definition) is 0. The number of benzene rings is 2. The van der Waals surface area contributed by atoms with E-state index in [0.29, 0.717) is 29.0 Å². The Kier molecular flexibility index (Phi) is 3.39. The summed E-state index contributed by atoms with van der Waals surface area (Å²) in [5, 5.41) is 4.74. The van der Waals surface area contributed by atoms with Crippen molar-refractivity contribution in [3.63, 3.8) is 0 Å². The summed E-state index contributed by atoms with van der Waals surface area (Å²) in [5.41, 5.74) is 1.70. The van der Waals surface area contributed by atoms with Gasteiger partial charge in [-0.25, -0.2) is 4.39 Å². The lowest BCUT2D eigenvalue weighted by Gasteiger charge is -2.01. The maximum atomic E-state index is 13.7. The third-order valence-corrected chi connectivity index (χ3v) is 3.10. The van der Waals surface area contributed by atoms with E-state index in [0.717, 1.165) is 5.39 Å². The van der Waals surface area contributed by atoms with E-state index in [2.05, 4.69) is 5.16 Å². The van der Waals surface area contributed by atoms with Gasteiger partial charge in [0.2, 0.25) is 0 Å². The Labute approximate surface area is 120 Å². The molecule has 4 nitrogen and oxygen atoms in total. The second kappa shape index (κ2) is 5.36. The Balaban J connectivity index is 1.94. The number of aromatic nitrogens is 1. The number of esters is 1. The molecule has 0 saturated carbocycles. The summed E-state index contributed by atoms with van der Waals surface area (Å²) < 4.78 is 23.9. The molecule has 0 aliphatic carbocycles. The minimum atomic E-state index is -0.402. The fraction of sp³-hybridized carbons (Fsp3) is 0.125. The highest BCUT2D eigenvalue weighted by Crippen LogP contribution is 2.25. The second-order valence-electron chi connectivity index (χ2n) is 4.65. The van der Waals surface area contributed by atoms with E-state index >= 15 is 0 Å². The number of nitrogens with zero attached hydrogens (tertiary/aromatic N) is 1. The lowest BCUT2D eigenvalue weighted by atomic mass is 10.1. The highest BCUT2D eigenvalue weighted by atomic mass is 19.1. The number of fused-ring (bicyclic) bond motifs is 1. The lowest BCUT2D eigenvalue weighted by Crippen LogP contribution is -2.00. The van der Waals surface area contributed by atoms with Crippen LogP contribution in [0.1, 0.15) is 18.2 Å². The molecule has 0 aliphatic rings. The average Bonchev–Trinajstić information content (AvgIpc) is 2.83. The molecule has 3 rings (SSSR count). The van der Waals surface area contributed by atoms with Gasteiger partial charge in [0.25, 0.3) is 0 Å². The molecule has 2 aromatic carbocycles. The van der Waals surface area contributed by atoms with Gasteiger partial charge in [0.1, 0.15) is 11.6 Å². The van der Waals surface area contributed by atoms with Crippen LogP contribution in [-0.2, 0) is 11.2 Å². The van der Waals surface area contributed by atoms with E-state index in [9.17, 15) is 9.18 Å². The summed E-state index contributed by atoms with van der Waals surface area (Å²) in [6.07, 6.45) is 0.340. The smallest absolute Gasteiger partial charge is 0.308 e. The molecule has 5 heteroatoms. The first-order valence-corrected chi connectivity index (χ1v) is 6.43. The van der Waals surface area contributed by atoms with Crippen molar-refractivity contribution in [2.24, 2.45) is 0 Å². The van der Waals surface area contributed by atoms with E-state index < -0.39 is 5.97 Å². The molecule has 3 aromatic rings. The number of rotatable bonds is 3. The Morgan fingerprint density at radius 2 is 2.10 bits per heavy atom. The van der Waals surface area contributed by atoms with E-state index in [1.165, 1.54) is 13.0 Å². The number of ether oxygens (including phenoxy) is 1. The van der Waals surface area contributed by atoms with Gasteiger partial charge in [0, 0.05) is 24.8 Å². The van der Waals surface area contributed by atoms with E-state index in [-0.39, 0.29) is 5.82 Å². The standard InChI is InChI=1S/C16H12FNO3/c1-10(19)20-12-6-7-13-15(18-21-16(13)9-12)8-11-4-2-3-5-14(11)17/h2-7,9H,8H2,1H3. The van der Waals surface area contributed by atoms with Gasteiger partial charge in [0.15, 0.2) is 5.58 Å². The van der Waals surface area contributed by atoms with E-state index in [4.69, 9.17) is 9.26 Å². The molecule has 0 saturated heterocycles. The number of halogens is 1. The van der Waals surface area contributed by atoms with Gasteiger partial charge in [0.05, 0.1) is 5.69 Å². The fourth-order valence-electron chi connectivity index (χ4n) is 2.15. The van der Waals surface area contributed by atoms with Crippen molar-refractivity contribution in [1.29, 1.82) is 0 Å². The van der Waals surface area contributed by atoms with E-state index in [1.807, 2.05) is 0 Å². The van der Waals surface area contributed by atoms with Crippen LogP contribution in [0.4, 0.5) is 4.39 Å². The van der Waals surface area contributed by atoms with Gasteiger partial charge in [-0.05, 0) is 23.8 Å². The topological polar surface area (TPSA) is 52.3 Å². The van der Waals surface area contributed by atoms with Crippen molar-refractivity contribution in [2.45, 2.75) is 13.3 Å². The highest BCUT2D eigenvalue weighted by molar-refractivity contribution is 5.82. The normalized spacial score (nSPS) is 10.8. The fourth-order valence-corrected chi connectivity index (χ4v) is 2.15. The van der Waals surface area contributed by atoms with Crippen LogP contribution in [0.5, 0.6) is 5.75 Å². The molecular weight excluding hydrogens is 273 g/mol. The van der Waals surface area contributed by atoms with Crippen LogP contribution in [-0.4, -0.2) is 11.1 Å². The number of carbonyl (C=O) groups excluding carboxylic acids is 1. The molecule has 0 amide bonds. The van der Waals surface area contributed by atoms with Crippen LogP contribution in [0.3, 0.4) is 0 Å². The molecule has 0 atom stereocenters. The molecule has 0 bridgehead atoms. The Hall–Kier alpha value is -2.69. The monoisotopic (exact) mass is 285 g/mol. The zero-order chi connectivity index (χ0) is 14.8. The summed E-state index contributed by atoms with van der Waals surface area (Å²) in [7, 11) is 0. The van der Waals surface area contributed by atoms with Crippen molar-refractivity contribution in [2.75, 3.05) is 0 Å². The molecule has 0 spiro atoms. The molecule has 1 heterocycles.